The monoisotopic (exact) mass is 336 g/mol. The first-order valence-electron chi connectivity index (χ1n) is 7.74. The summed E-state index contributed by atoms with van der Waals surface area (Å²) < 4.78 is 5.56. The Labute approximate surface area is 144 Å². The van der Waals surface area contributed by atoms with Crippen LogP contribution in [-0.4, -0.2) is 16.9 Å². The summed E-state index contributed by atoms with van der Waals surface area (Å²) in [7, 11) is 0. The number of nitro benzene ring substituents is 1. The molecule has 0 radical (unpaired) electrons. The molecular weight excluding hydrogens is 320 g/mol. The van der Waals surface area contributed by atoms with Crippen molar-refractivity contribution in [3.8, 4) is 5.75 Å². The number of ether oxygens (including phenoxy) is 1. The van der Waals surface area contributed by atoms with Gasteiger partial charge in [0.1, 0.15) is 5.75 Å². The number of anilines is 1. The lowest BCUT2D eigenvalue weighted by molar-refractivity contribution is -0.384. The normalized spacial score (nSPS) is 11.7. The molecule has 3 aromatic carbocycles. The fourth-order valence-corrected chi connectivity index (χ4v) is 2.47. The number of nitro groups is 1. The highest BCUT2D eigenvalue weighted by Crippen LogP contribution is 2.24. The summed E-state index contributed by atoms with van der Waals surface area (Å²) >= 11 is 0. The van der Waals surface area contributed by atoms with Crippen molar-refractivity contribution >= 4 is 28.1 Å². The highest BCUT2D eigenvalue weighted by Gasteiger charge is 2.16. The molecule has 0 unspecified atom stereocenters. The standard InChI is InChI=1S/C19H16N2O4/c1-13(25-16-11-9-15(10-12-16)21(23)24)19(22)20-18-8-4-6-14-5-2-3-7-17(14)18/h2-13H,1H3,(H,20,22)/t13-/m0/s1. The zero-order valence-corrected chi connectivity index (χ0v) is 13.5. The van der Waals surface area contributed by atoms with Gasteiger partial charge in [-0.15, -0.1) is 0 Å². The molecule has 3 rings (SSSR count). The SMILES string of the molecule is C[C@H](Oc1ccc([N+](=O)[O-])cc1)C(=O)Nc1cccc2ccccc12. The minimum Gasteiger partial charge on any atom is -0.481 e. The summed E-state index contributed by atoms with van der Waals surface area (Å²) in [4.78, 5) is 22.6. The molecule has 0 aliphatic rings. The van der Waals surface area contributed by atoms with Crippen molar-refractivity contribution in [1.29, 1.82) is 0 Å². The Morgan fingerprint density at radius 1 is 1.04 bits per heavy atom. The summed E-state index contributed by atoms with van der Waals surface area (Å²) in [6.45, 7) is 1.63. The number of non-ortho nitro benzene ring substituents is 1. The lowest BCUT2D eigenvalue weighted by atomic mass is 10.1. The quantitative estimate of drug-likeness (QED) is 0.560. The number of fused-ring (bicyclic) bond motifs is 1. The maximum atomic E-state index is 12.4. The molecule has 25 heavy (non-hydrogen) atoms. The van der Waals surface area contributed by atoms with E-state index in [9.17, 15) is 14.9 Å². The fraction of sp³-hybridized carbons (Fsp3) is 0.105. The zero-order valence-electron chi connectivity index (χ0n) is 13.5. The van der Waals surface area contributed by atoms with Crippen molar-refractivity contribution in [3.63, 3.8) is 0 Å². The van der Waals surface area contributed by atoms with E-state index in [4.69, 9.17) is 4.74 Å². The number of hydrogen-bond acceptors (Lipinski definition) is 4. The first kappa shape index (κ1) is 16.4. The summed E-state index contributed by atoms with van der Waals surface area (Å²) in [6.07, 6.45) is -0.750. The summed E-state index contributed by atoms with van der Waals surface area (Å²) in [5, 5.41) is 15.5. The van der Waals surface area contributed by atoms with Crippen molar-refractivity contribution in [1.82, 2.24) is 0 Å². The van der Waals surface area contributed by atoms with Gasteiger partial charge in [-0.05, 0) is 30.5 Å². The van der Waals surface area contributed by atoms with Gasteiger partial charge in [0.15, 0.2) is 6.10 Å². The molecule has 0 aliphatic carbocycles. The first-order chi connectivity index (χ1) is 12.0. The summed E-state index contributed by atoms with van der Waals surface area (Å²) in [6, 6.07) is 19.1. The number of carbonyl (C=O) groups is 1. The van der Waals surface area contributed by atoms with Crippen LogP contribution in [0.4, 0.5) is 11.4 Å². The second-order valence-corrected chi connectivity index (χ2v) is 5.53. The number of nitrogens with one attached hydrogen (secondary N) is 1. The molecule has 0 saturated heterocycles. The third-order valence-corrected chi connectivity index (χ3v) is 3.78. The predicted molar refractivity (Wildman–Crippen MR) is 95.8 cm³/mol. The van der Waals surface area contributed by atoms with Crippen LogP contribution >= 0.6 is 0 Å². The van der Waals surface area contributed by atoms with E-state index in [2.05, 4.69) is 5.32 Å². The highest BCUT2D eigenvalue weighted by atomic mass is 16.6. The van der Waals surface area contributed by atoms with E-state index in [0.29, 0.717) is 11.4 Å². The van der Waals surface area contributed by atoms with Gasteiger partial charge >= 0.3 is 0 Å². The van der Waals surface area contributed by atoms with Crippen molar-refractivity contribution in [2.24, 2.45) is 0 Å². The predicted octanol–water partition coefficient (Wildman–Crippen LogP) is 4.15. The maximum Gasteiger partial charge on any atom is 0.269 e. The van der Waals surface area contributed by atoms with Crippen LogP contribution in [-0.2, 0) is 4.79 Å². The molecule has 3 aromatic rings. The molecule has 0 aromatic heterocycles. The lowest BCUT2D eigenvalue weighted by Gasteiger charge is -2.15. The Bertz CT molecular complexity index is 917. The molecule has 1 N–H and O–H groups in total. The van der Waals surface area contributed by atoms with Gasteiger partial charge < -0.3 is 10.1 Å². The molecule has 6 nitrogen and oxygen atoms in total. The molecule has 0 spiro atoms. The Morgan fingerprint density at radius 3 is 2.44 bits per heavy atom. The molecule has 126 valence electrons. The lowest BCUT2D eigenvalue weighted by Crippen LogP contribution is -2.30. The molecule has 0 aliphatic heterocycles. The van der Waals surface area contributed by atoms with Crippen LogP contribution in [0.2, 0.25) is 0 Å². The van der Waals surface area contributed by atoms with E-state index in [1.54, 1.807) is 6.92 Å². The topological polar surface area (TPSA) is 81.5 Å². The molecule has 0 saturated carbocycles. The van der Waals surface area contributed by atoms with E-state index in [-0.39, 0.29) is 11.6 Å². The van der Waals surface area contributed by atoms with Gasteiger partial charge in [0.25, 0.3) is 11.6 Å². The van der Waals surface area contributed by atoms with E-state index < -0.39 is 11.0 Å². The fourth-order valence-electron chi connectivity index (χ4n) is 2.47. The Morgan fingerprint density at radius 2 is 1.72 bits per heavy atom. The number of carbonyl (C=O) groups excluding carboxylic acids is 1. The Hall–Kier alpha value is -3.41. The van der Waals surface area contributed by atoms with E-state index >= 15 is 0 Å². The molecule has 0 heterocycles. The van der Waals surface area contributed by atoms with Crippen LogP contribution in [0.1, 0.15) is 6.92 Å². The molecule has 1 atom stereocenters. The summed E-state index contributed by atoms with van der Waals surface area (Å²) in [5.41, 5.74) is 0.683. The molecule has 0 fully saturated rings. The molecule has 1 amide bonds. The van der Waals surface area contributed by atoms with Crippen LogP contribution in [0.5, 0.6) is 5.75 Å². The average molecular weight is 336 g/mol. The van der Waals surface area contributed by atoms with Crippen LogP contribution < -0.4 is 10.1 Å². The minimum absolute atomic E-state index is 0.0276. The van der Waals surface area contributed by atoms with E-state index in [1.807, 2.05) is 42.5 Å². The number of nitrogens with zero attached hydrogens (tertiary/aromatic N) is 1. The van der Waals surface area contributed by atoms with Crippen molar-refractivity contribution in [2.45, 2.75) is 13.0 Å². The number of benzene rings is 3. The largest absolute Gasteiger partial charge is 0.481 e. The number of rotatable bonds is 5. The third kappa shape index (κ3) is 3.74. The van der Waals surface area contributed by atoms with Crippen molar-refractivity contribution in [2.75, 3.05) is 5.32 Å². The number of hydrogen-bond donors (Lipinski definition) is 1. The smallest absolute Gasteiger partial charge is 0.269 e. The minimum atomic E-state index is -0.750. The third-order valence-electron chi connectivity index (χ3n) is 3.78. The van der Waals surface area contributed by atoms with Gasteiger partial charge in [0, 0.05) is 23.2 Å². The van der Waals surface area contributed by atoms with Crippen LogP contribution in [0.3, 0.4) is 0 Å². The van der Waals surface area contributed by atoms with Crippen molar-refractivity contribution < 1.29 is 14.5 Å². The molecular formula is C19H16N2O4. The van der Waals surface area contributed by atoms with E-state index in [0.717, 1.165) is 10.8 Å². The van der Waals surface area contributed by atoms with Crippen LogP contribution in [0, 0.1) is 10.1 Å². The molecule has 6 heteroatoms. The van der Waals surface area contributed by atoms with Gasteiger partial charge in [-0.1, -0.05) is 36.4 Å². The Balaban J connectivity index is 1.71. The average Bonchev–Trinajstić information content (AvgIpc) is 2.62. The maximum absolute atomic E-state index is 12.4. The van der Waals surface area contributed by atoms with Gasteiger partial charge in [0.05, 0.1) is 4.92 Å². The second-order valence-electron chi connectivity index (χ2n) is 5.53. The van der Waals surface area contributed by atoms with Gasteiger partial charge in [0.2, 0.25) is 0 Å². The summed E-state index contributed by atoms with van der Waals surface area (Å²) in [5.74, 6) is 0.0980. The van der Waals surface area contributed by atoms with Gasteiger partial charge in [-0.25, -0.2) is 0 Å². The molecule has 0 bridgehead atoms. The van der Waals surface area contributed by atoms with E-state index in [1.165, 1.54) is 24.3 Å². The van der Waals surface area contributed by atoms with Crippen LogP contribution in [0.15, 0.2) is 66.7 Å². The highest BCUT2D eigenvalue weighted by molar-refractivity contribution is 6.03. The first-order valence-corrected chi connectivity index (χ1v) is 7.74. The van der Waals surface area contributed by atoms with Crippen LogP contribution in [0.25, 0.3) is 10.8 Å². The Kier molecular flexibility index (Phi) is 4.61. The van der Waals surface area contributed by atoms with Gasteiger partial charge in [-0.2, -0.15) is 0 Å². The number of amides is 1. The van der Waals surface area contributed by atoms with Gasteiger partial charge in [-0.3, -0.25) is 14.9 Å². The second kappa shape index (κ2) is 7.00. The van der Waals surface area contributed by atoms with Crippen molar-refractivity contribution in [3.05, 3.63) is 76.8 Å². The zero-order chi connectivity index (χ0) is 17.8.